The predicted molar refractivity (Wildman–Crippen MR) is 59.7 cm³/mol. The SMILES string of the molecule is CCn1ccn(Cc2nc(C3CC3)no2)c1=O. The van der Waals surface area contributed by atoms with Crippen molar-refractivity contribution in [1.29, 1.82) is 0 Å². The Morgan fingerprint density at radius 3 is 2.82 bits per heavy atom. The van der Waals surface area contributed by atoms with E-state index < -0.39 is 0 Å². The van der Waals surface area contributed by atoms with Gasteiger partial charge in [0.2, 0.25) is 5.89 Å². The molecular weight excluding hydrogens is 220 g/mol. The first-order valence-electron chi connectivity index (χ1n) is 5.86. The molecule has 17 heavy (non-hydrogen) atoms. The summed E-state index contributed by atoms with van der Waals surface area (Å²) < 4.78 is 8.35. The fourth-order valence-corrected chi connectivity index (χ4v) is 1.80. The molecule has 90 valence electrons. The second-order valence-electron chi connectivity index (χ2n) is 4.32. The van der Waals surface area contributed by atoms with Crippen LogP contribution in [0.25, 0.3) is 0 Å². The molecule has 1 aliphatic carbocycles. The maximum absolute atomic E-state index is 11.8. The third-order valence-corrected chi connectivity index (χ3v) is 2.99. The van der Waals surface area contributed by atoms with Gasteiger partial charge in [0.1, 0.15) is 6.54 Å². The molecule has 2 aromatic heterocycles. The lowest BCUT2D eigenvalue weighted by Gasteiger charge is -1.95. The lowest BCUT2D eigenvalue weighted by atomic mass is 10.4. The van der Waals surface area contributed by atoms with Crippen molar-refractivity contribution in [2.45, 2.75) is 38.8 Å². The van der Waals surface area contributed by atoms with Crippen LogP contribution in [0.5, 0.6) is 0 Å². The minimum Gasteiger partial charge on any atom is -0.337 e. The molecule has 0 bridgehead atoms. The van der Waals surface area contributed by atoms with E-state index in [1.807, 2.05) is 6.92 Å². The van der Waals surface area contributed by atoms with Gasteiger partial charge in [-0.05, 0) is 19.8 Å². The molecule has 2 heterocycles. The van der Waals surface area contributed by atoms with Gasteiger partial charge in [-0.25, -0.2) is 4.79 Å². The van der Waals surface area contributed by atoms with Gasteiger partial charge >= 0.3 is 5.69 Å². The topological polar surface area (TPSA) is 65.8 Å². The highest BCUT2D eigenvalue weighted by Gasteiger charge is 2.28. The van der Waals surface area contributed by atoms with Gasteiger partial charge in [0, 0.05) is 24.9 Å². The first-order chi connectivity index (χ1) is 8.28. The molecular formula is C11H14N4O2. The molecule has 3 rings (SSSR count). The summed E-state index contributed by atoms with van der Waals surface area (Å²) in [4.78, 5) is 16.1. The lowest BCUT2D eigenvalue weighted by molar-refractivity contribution is 0.364. The molecule has 1 aliphatic rings. The van der Waals surface area contributed by atoms with E-state index in [0.29, 0.717) is 24.9 Å². The Hall–Kier alpha value is -1.85. The van der Waals surface area contributed by atoms with E-state index in [1.54, 1.807) is 21.5 Å². The second kappa shape index (κ2) is 3.87. The van der Waals surface area contributed by atoms with E-state index in [1.165, 1.54) is 0 Å². The first kappa shape index (κ1) is 10.3. The maximum Gasteiger partial charge on any atom is 0.328 e. The van der Waals surface area contributed by atoms with E-state index in [-0.39, 0.29) is 5.69 Å². The summed E-state index contributed by atoms with van der Waals surface area (Å²) in [5.74, 6) is 1.76. The number of imidazole rings is 1. The van der Waals surface area contributed by atoms with Crippen molar-refractivity contribution in [2.75, 3.05) is 0 Å². The second-order valence-corrected chi connectivity index (χ2v) is 4.32. The molecule has 2 aromatic rings. The van der Waals surface area contributed by atoms with Crippen molar-refractivity contribution >= 4 is 0 Å². The molecule has 6 nitrogen and oxygen atoms in total. The normalized spacial score (nSPS) is 15.4. The summed E-state index contributed by atoms with van der Waals surface area (Å²) in [6.45, 7) is 2.96. The van der Waals surface area contributed by atoms with Crippen LogP contribution in [0.3, 0.4) is 0 Å². The quantitative estimate of drug-likeness (QED) is 0.790. The third kappa shape index (κ3) is 1.90. The minimum atomic E-state index is -0.0429. The van der Waals surface area contributed by atoms with Crippen LogP contribution in [-0.2, 0) is 13.1 Å². The molecule has 0 saturated heterocycles. The fraction of sp³-hybridized carbons (Fsp3) is 0.545. The molecule has 0 amide bonds. The monoisotopic (exact) mass is 234 g/mol. The zero-order valence-electron chi connectivity index (χ0n) is 9.67. The molecule has 1 saturated carbocycles. The summed E-state index contributed by atoms with van der Waals surface area (Å²) >= 11 is 0. The largest absolute Gasteiger partial charge is 0.337 e. The summed E-state index contributed by atoms with van der Waals surface area (Å²) in [6.07, 6.45) is 5.80. The number of aromatic nitrogens is 4. The molecule has 0 aromatic carbocycles. The van der Waals surface area contributed by atoms with E-state index in [0.717, 1.165) is 18.7 Å². The van der Waals surface area contributed by atoms with Crippen LogP contribution < -0.4 is 5.69 Å². The number of hydrogen-bond donors (Lipinski definition) is 0. The van der Waals surface area contributed by atoms with Crippen molar-refractivity contribution in [3.8, 4) is 0 Å². The number of rotatable bonds is 4. The average Bonchev–Trinajstić information content (AvgIpc) is 2.99. The minimum absolute atomic E-state index is 0.0429. The molecule has 0 atom stereocenters. The molecule has 0 spiro atoms. The van der Waals surface area contributed by atoms with Crippen LogP contribution in [0.4, 0.5) is 0 Å². The Morgan fingerprint density at radius 2 is 2.18 bits per heavy atom. The van der Waals surface area contributed by atoms with Crippen molar-refractivity contribution in [2.24, 2.45) is 0 Å². The highest BCUT2D eigenvalue weighted by atomic mass is 16.5. The molecule has 1 fully saturated rings. The standard InChI is InChI=1S/C11H14N4O2/c1-2-14-5-6-15(11(14)16)7-9-12-10(13-17-9)8-3-4-8/h5-6,8H,2-4,7H2,1H3. The van der Waals surface area contributed by atoms with Crippen molar-refractivity contribution in [1.82, 2.24) is 19.3 Å². The predicted octanol–water partition coefficient (Wildman–Crippen LogP) is 0.978. The van der Waals surface area contributed by atoms with E-state index in [2.05, 4.69) is 10.1 Å². The smallest absolute Gasteiger partial charge is 0.328 e. The van der Waals surface area contributed by atoms with Crippen LogP contribution >= 0.6 is 0 Å². The van der Waals surface area contributed by atoms with Gasteiger partial charge in [-0.3, -0.25) is 9.13 Å². The van der Waals surface area contributed by atoms with E-state index in [9.17, 15) is 4.79 Å². The number of nitrogens with zero attached hydrogens (tertiary/aromatic N) is 4. The molecule has 6 heteroatoms. The Labute approximate surface area is 97.9 Å². The van der Waals surface area contributed by atoms with E-state index >= 15 is 0 Å². The zero-order valence-corrected chi connectivity index (χ0v) is 9.67. The molecule has 0 unspecified atom stereocenters. The van der Waals surface area contributed by atoms with Crippen LogP contribution in [0.15, 0.2) is 21.7 Å². The van der Waals surface area contributed by atoms with Crippen molar-refractivity contribution in [3.63, 3.8) is 0 Å². The third-order valence-electron chi connectivity index (χ3n) is 2.99. The highest BCUT2D eigenvalue weighted by Crippen LogP contribution is 2.38. The Morgan fingerprint density at radius 1 is 1.41 bits per heavy atom. The Bertz CT molecular complexity index is 576. The Kier molecular flexibility index (Phi) is 2.35. The summed E-state index contributed by atoms with van der Waals surface area (Å²) in [5.41, 5.74) is -0.0429. The van der Waals surface area contributed by atoms with E-state index in [4.69, 9.17) is 4.52 Å². The van der Waals surface area contributed by atoms with Crippen LogP contribution in [0, 0.1) is 0 Å². The van der Waals surface area contributed by atoms with Gasteiger partial charge in [0.15, 0.2) is 5.82 Å². The van der Waals surface area contributed by atoms with Crippen LogP contribution in [-0.4, -0.2) is 19.3 Å². The van der Waals surface area contributed by atoms with Crippen molar-refractivity contribution < 1.29 is 4.52 Å². The van der Waals surface area contributed by atoms with Crippen LogP contribution in [0.2, 0.25) is 0 Å². The fourth-order valence-electron chi connectivity index (χ4n) is 1.80. The summed E-state index contributed by atoms with van der Waals surface area (Å²) in [7, 11) is 0. The van der Waals surface area contributed by atoms with Gasteiger partial charge in [-0.15, -0.1) is 0 Å². The Balaban J connectivity index is 1.80. The average molecular weight is 234 g/mol. The van der Waals surface area contributed by atoms with Gasteiger partial charge in [-0.1, -0.05) is 5.16 Å². The molecule has 0 aliphatic heterocycles. The van der Waals surface area contributed by atoms with Crippen molar-refractivity contribution in [3.05, 3.63) is 34.6 Å². The maximum atomic E-state index is 11.8. The number of aryl methyl sites for hydroxylation is 1. The first-order valence-corrected chi connectivity index (χ1v) is 5.86. The lowest BCUT2D eigenvalue weighted by Crippen LogP contribution is -2.23. The molecule has 0 N–H and O–H groups in total. The van der Waals surface area contributed by atoms with Gasteiger partial charge in [0.05, 0.1) is 0 Å². The van der Waals surface area contributed by atoms with Gasteiger partial charge in [0.25, 0.3) is 0 Å². The zero-order chi connectivity index (χ0) is 11.8. The highest BCUT2D eigenvalue weighted by molar-refractivity contribution is 5.03. The molecule has 0 radical (unpaired) electrons. The van der Waals surface area contributed by atoms with Gasteiger partial charge < -0.3 is 4.52 Å². The summed E-state index contributed by atoms with van der Waals surface area (Å²) in [5, 5.41) is 3.92. The number of hydrogen-bond acceptors (Lipinski definition) is 4. The summed E-state index contributed by atoms with van der Waals surface area (Å²) in [6, 6.07) is 0. The van der Waals surface area contributed by atoms with Gasteiger partial charge in [-0.2, -0.15) is 4.98 Å². The van der Waals surface area contributed by atoms with Crippen LogP contribution in [0.1, 0.15) is 37.4 Å².